The summed E-state index contributed by atoms with van der Waals surface area (Å²) in [6.45, 7) is 2.42. The van der Waals surface area contributed by atoms with Gasteiger partial charge in [0.1, 0.15) is 5.82 Å². The third kappa shape index (κ3) is 3.85. The van der Waals surface area contributed by atoms with Crippen LogP contribution in [0.2, 0.25) is 5.02 Å². The van der Waals surface area contributed by atoms with E-state index in [9.17, 15) is 8.60 Å². The Hall–Kier alpha value is -0.450. The molecule has 0 fully saturated rings. The highest BCUT2D eigenvalue weighted by atomic mass is 35.5. The Bertz CT molecular complexity index is 386. The number of hydrogen-bond donors (Lipinski definition) is 1. The molecule has 1 aromatic rings. The van der Waals surface area contributed by atoms with Crippen LogP contribution in [0.3, 0.4) is 0 Å². The van der Waals surface area contributed by atoms with E-state index in [0.29, 0.717) is 12.3 Å². The van der Waals surface area contributed by atoms with Crippen LogP contribution in [0, 0.1) is 5.82 Å². The topological polar surface area (TPSA) is 43.1 Å². The van der Waals surface area contributed by atoms with Gasteiger partial charge in [-0.1, -0.05) is 24.6 Å². The van der Waals surface area contributed by atoms with E-state index in [1.54, 1.807) is 6.07 Å². The van der Waals surface area contributed by atoms with Crippen molar-refractivity contribution in [2.24, 2.45) is 5.73 Å². The first-order chi connectivity index (χ1) is 7.54. The Kier molecular flexibility index (Phi) is 5.38. The van der Waals surface area contributed by atoms with Gasteiger partial charge in [-0.05, 0) is 30.7 Å². The molecule has 16 heavy (non-hydrogen) atoms. The van der Waals surface area contributed by atoms with Crippen molar-refractivity contribution in [3.8, 4) is 0 Å². The fourth-order valence-electron chi connectivity index (χ4n) is 1.30. The SMILES string of the molecule is CC(CCN)S(=O)Cc1ccc(F)c(Cl)c1. The van der Waals surface area contributed by atoms with E-state index in [1.165, 1.54) is 12.1 Å². The average Bonchev–Trinajstić information content (AvgIpc) is 2.24. The van der Waals surface area contributed by atoms with Crippen molar-refractivity contribution in [1.29, 1.82) is 0 Å². The van der Waals surface area contributed by atoms with Gasteiger partial charge in [0.25, 0.3) is 0 Å². The monoisotopic (exact) mass is 263 g/mol. The van der Waals surface area contributed by atoms with Crippen molar-refractivity contribution in [2.75, 3.05) is 6.54 Å². The first-order valence-electron chi connectivity index (χ1n) is 5.05. The molecule has 90 valence electrons. The Labute approximate surface area is 102 Å². The third-order valence-corrected chi connectivity index (χ3v) is 4.36. The molecular formula is C11H15ClFNOS. The number of hydrogen-bond acceptors (Lipinski definition) is 2. The molecule has 2 unspecified atom stereocenters. The van der Waals surface area contributed by atoms with Crippen LogP contribution >= 0.6 is 11.6 Å². The Balaban J connectivity index is 2.66. The van der Waals surface area contributed by atoms with Gasteiger partial charge in [0.2, 0.25) is 0 Å². The van der Waals surface area contributed by atoms with Gasteiger partial charge in [-0.3, -0.25) is 4.21 Å². The van der Waals surface area contributed by atoms with Gasteiger partial charge in [0.05, 0.1) is 5.02 Å². The lowest BCUT2D eigenvalue weighted by Crippen LogP contribution is -2.17. The zero-order chi connectivity index (χ0) is 12.1. The maximum atomic E-state index is 12.9. The summed E-state index contributed by atoms with van der Waals surface area (Å²) in [5.74, 6) is -0.0625. The van der Waals surface area contributed by atoms with Crippen molar-refractivity contribution in [3.05, 3.63) is 34.6 Å². The highest BCUT2D eigenvalue weighted by Crippen LogP contribution is 2.18. The predicted octanol–water partition coefficient (Wildman–Crippen LogP) is 2.47. The molecule has 0 spiro atoms. The summed E-state index contributed by atoms with van der Waals surface area (Å²) in [5.41, 5.74) is 6.19. The maximum absolute atomic E-state index is 12.9. The fourth-order valence-corrected chi connectivity index (χ4v) is 2.70. The second-order valence-electron chi connectivity index (χ2n) is 3.66. The summed E-state index contributed by atoms with van der Waals surface area (Å²) in [5, 5.41) is 0.120. The molecule has 0 aliphatic heterocycles. The first kappa shape index (κ1) is 13.6. The molecule has 0 amide bonds. The van der Waals surface area contributed by atoms with Crippen LogP contribution in [0.15, 0.2) is 18.2 Å². The Morgan fingerprint density at radius 2 is 2.25 bits per heavy atom. The highest BCUT2D eigenvalue weighted by molar-refractivity contribution is 7.84. The molecule has 2 atom stereocenters. The summed E-state index contributed by atoms with van der Waals surface area (Å²) in [6, 6.07) is 4.42. The molecule has 0 aromatic heterocycles. The largest absolute Gasteiger partial charge is 0.330 e. The molecule has 0 heterocycles. The quantitative estimate of drug-likeness (QED) is 0.887. The number of halogens is 2. The zero-order valence-corrected chi connectivity index (χ0v) is 10.7. The molecule has 5 heteroatoms. The molecule has 0 radical (unpaired) electrons. The van der Waals surface area contributed by atoms with E-state index in [1.807, 2.05) is 6.92 Å². The van der Waals surface area contributed by atoms with Crippen LogP contribution in [0.25, 0.3) is 0 Å². The molecule has 2 nitrogen and oxygen atoms in total. The second kappa shape index (κ2) is 6.33. The standard InChI is InChI=1S/C11H15ClFNOS/c1-8(4-5-14)16(15)7-9-2-3-11(13)10(12)6-9/h2-3,6,8H,4-5,7,14H2,1H3. The van der Waals surface area contributed by atoms with Gasteiger partial charge >= 0.3 is 0 Å². The molecule has 0 saturated heterocycles. The zero-order valence-electron chi connectivity index (χ0n) is 9.08. The van der Waals surface area contributed by atoms with Crippen LogP contribution in [0.4, 0.5) is 4.39 Å². The van der Waals surface area contributed by atoms with Gasteiger partial charge < -0.3 is 5.73 Å². The summed E-state index contributed by atoms with van der Waals surface area (Å²) in [7, 11) is -0.992. The molecular weight excluding hydrogens is 249 g/mol. The van der Waals surface area contributed by atoms with Gasteiger partial charge in [0, 0.05) is 21.8 Å². The summed E-state index contributed by atoms with van der Waals surface area (Å²) in [4.78, 5) is 0. The Morgan fingerprint density at radius 3 is 2.81 bits per heavy atom. The van der Waals surface area contributed by atoms with Crippen LogP contribution < -0.4 is 5.73 Å². The molecule has 0 aliphatic rings. The highest BCUT2D eigenvalue weighted by Gasteiger charge is 2.11. The van der Waals surface area contributed by atoms with Crippen LogP contribution in [-0.2, 0) is 16.6 Å². The summed E-state index contributed by atoms with van der Waals surface area (Å²) >= 11 is 5.64. The lowest BCUT2D eigenvalue weighted by Gasteiger charge is -2.10. The maximum Gasteiger partial charge on any atom is 0.141 e. The van der Waals surface area contributed by atoms with Crippen LogP contribution in [0.5, 0.6) is 0 Å². The minimum absolute atomic E-state index is 0.0498. The van der Waals surface area contributed by atoms with Crippen molar-refractivity contribution in [2.45, 2.75) is 24.3 Å². The van der Waals surface area contributed by atoms with Gasteiger partial charge in [0.15, 0.2) is 0 Å². The molecule has 0 bridgehead atoms. The lowest BCUT2D eigenvalue weighted by molar-refractivity contribution is 0.627. The fraction of sp³-hybridized carbons (Fsp3) is 0.455. The van der Waals surface area contributed by atoms with Gasteiger partial charge in [-0.15, -0.1) is 0 Å². The Morgan fingerprint density at radius 1 is 1.56 bits per heavy atom. The van der Waals surface area contributed by atoms with Crippen molar-refractivity contribution >= 4 is 22.4 Å². The van der Waals surface area contributed by atoms with E-state index in [0.717, 1.165) is 12.0 Å². The minimum Gasteiger partial charge on any atom is -0.330 e. The third-order valence-electron chi connectivity index (χ3n) is 2.31. The van der Waals surface area contributed by atoms with Crippen molar-refractivity contribution in [3.63, 3.8) is 0 Å². The summed E-state index contributed by atoms with van der Waals surface area (Å²) < 4.78 is 24.7. The van der Waals surface area contributed by atoms with E-state index in [-0.39, 0.29) is 10.3 Å². The van der Waals surface area contributed by atoms with Crippen molar-refractivity contribution < 1.29 is 8.60 Å². The molecule has 1 rings (SSSR count). The average molecular weight is 264 g/mol. The van der Waals surface area contributed by atoms with E-state index in [2.05, 4.69) is 0 Å². The van der Waals surface area contributed by atoms with E-state index in [4.69, 9.17) is 17.3 Å². The van der Waals surface area contributed by atoms with Crippen LogP contribution in [0.1, 0.15) is 18.9 Å². The van der Waals surface area contributed by atoms with Crippen molar-refractivity contribution in [1.82, 2.24) is 0 Å². The summed E-state index contributed by atoms with van der Waals surface area (Å²) in [6.07, 6.45) is 0.724. The van der Waals surface area contributed by atoms with E-state index >= 15 is 0 Å². The molecule has 1 aromatic carbocycles. The molecule has 0 saturated carbocycles. The molecule has 0 aliphatic carbocycles. The smallest absolute Gasteiger partial charge is 0.141 e. The molecule has 2 N–H and O–H groups in total. The first-order valence-corrected chi connectivity index (χ1v) is 6.81. The van der Waals surface area contributed by atoms with Crippen LogP contribution in [-0.4, -0.2) is 16.0 Å². The second-order valence-corrected chi connectivity index (χ2v) is 5.92. The number of nitrogens with two attached hydrogens (primary N) is 1. The number of rotatable bonds is 5. The van der Waals surface area contributed by atoms with Gasteiger partial charge in [-0.2, -0.15) is 0 Å². The minimum atomic E-state index is -0.992. The predicted molar refractivity (Wildman–Crippen MR) is 66.4 cm³/mol. The van der Waals surface area contributed by atoms with Gasteiger partial charge in [-0.25, -0.2) is 4.39 Å². The number of benzene rings is 1. The normalized spacial score (nSPS) is 14.8. The van der Waals surface area contributed by atoms with E-state index < -0.39 is 16.6 Å². The lowest BCUT2D eigenvalue weighted by atomic mass is 10.2.